The number of carbonyl (C=O) groups excluding carboxylic acids is 1. The van der Waals surface area contributed by atoms with E-state index in [2.05, 4.69) is 10.4 Å². The van der Waals surface area contributed by atoms with Crippen molar-refractivity contribution >= 4 is 52.5 Å². The topological polar surface area (TPSA) is 68.6 Å². The first-order valence-electron chi connectivity index (χ1n) is 10.5. The van der Waals surface area contributed by atoms with Gasteiger partial charge in [-0.05, 0) is 55.0 Å². The van der Waals surface area contributed by atoms with E-state index in [-0.39, 0.29) is 12.5 Å². The Balaban J connectivity index is 1.52. The van der Waals surface area contributed by atoms with Crippen LogP contribution < -0.4 is 14.8 Å². The molecule has 1 aliphatic heterocycles. The zero-order valence-corrected chi connectivity index (χ0v) is 20.9. The fourth-order valence-electron chi connectivity index (χ4n) is 3.48. The maximum Gasteiger partial charge on any atom is 0.276 e. The van der Waals surface area contributed by atoms with Crippen LogP contribution in [0, 0.1) is 0 Å². The van der Waals surface area contributed by atoms with Gasteiger partial charge in [-0.15, -0.1) is 0 Å². The molecule has 1 aliphatic rings. The van der Waals surface area contributed by atoms with Gasteiger partial charge >= 0.3 is 0 Å². The van der Waals surface area contributed by atoms with Gasteiger partial charge < -0.3 is 14.8 Å². The molecule has 1 amide bonds. The third-order valence-corrected chi connectivity index (χ3v) is 6.35. The molecule has 10 heteroatoms. The summed E-state index contributed by atoms with van der Waals surface area (Å²) in [7, 11) is 1.59. The summed E-state index contributed by atoms with van der Waals surface area (Å²) in [4.78, 5) is 14.5. The molecular formula is C24H22Cl2N4O3S. The van der Waals surface area contributed by atoms with Crippen LogP contribution in [0.25, 0.3) is 6.08 Å². The summed E-state index contributed by atoms with van der Waals surface area (Å²) >= 11 is 17.7. The summed E-state index contributed by atoms with van der Waals surface area (Å²) in [6.07, 6.45) is 5.39. The number of nitrogens with zero attached hydrogens (tertiary/aromatic N) is 3. The second-order valence-electron chi connectivity index (χ2n) is 7.50. The lowest BCUT2D eigenvalue weighted by molar-refractivity contribution is -0.122. The smallest absolute Gasteiger partial charge is 0.276 e. The summed E-state index contributed by atoms with van der Waals surface area (Å²) < 4.78 is 13.1. The molecule has 1 fully saturated rings. The van der Waals surface area contributed by atoms with Crippen molar-refractivity contribution in [2.45, 2.75) is 26.6 Å². The minimum Gasteiger partial charge on any atom is -0.496 e. The van der Waals surface area contributed by atoms with Crippen molar-refractivity contribution in [1.29, 1.82) is 0 Å². The molecule has 0 spiro atoms. The molecule has 0 bridgehead atoms. The fourth-order valence-corrected chi connectivity index (χ4v) is 4.08. The summed E-state index contributed by atoms with van der Waals surface area (Å²) in [6, 6.07) is 10.8. The molecule has 0 unspecified atom stereocenters. The van der Waals surface area contributed by atoms with Crippen LogP contribution in [0.15, 0.2) is 54.5 Å². The van der Waals surface area contributed by atoms with Gasteiger partial charge in [0, 0.05) is 23.9 Å². The van der Waals surface area contributed by atoms with Crippen molar-refractivity contribution in [2.75, 3.05) is 7.11 Å². The average molecular weight is 517 g/mol. The highest BCUT2D eigenvalue weighted by atomic mass is 35.5. The van der Waals surface area contributed by atoms with Gasteiger partial charge in [0.1, 0.15) is 28.8 Å². The molecule has 0 saturated carbocycles. The number of thiocarbonyl (C=S) groups is 1. The van der Waals surface area contributed by atoms with Crippen LogP contribution in [-0.2, 0) is 24.5 Å². The van der Waals surface area contributed by atoms with E-state index < -0.39 is 0 Å². The van der Waals surface area contributed by atoms with Crippen LogP contribution in [0.2, 0.25) is 10.0 Å². The van der Waals surface area contributed by atoms with Crippen LogP contribution >= 0.6 is 35.4 Å². The van der Waals surface area contributed by atoms with Gasteiger partial charge in [-0.3, -0.25) is 14.4 Å². The maximum absolute atomic E-state index is 13.0. The highest BCUT2D eigenvalue weighted by molar-refractivity contribution is 7.80. The molecule has 0 atom stereocenters. The van der Waals surface area contributed by atoms with E-state index in [9.17, 15) is 4.79 Å². The molecule has 1 N–H and O–H groups in total. The van der Waals surface area contributed by atoms with Gasteiger partial charge in [-0.1, -0.05) is 35.3 Å². The van der Waals surface area contributed by atoms with Crippen molar-refractivity contribution in [1.82, 2.24) is 20.0 Å². The Bertz CT molecular complexity index is 1270. The summed E-state index contributed by atoms with van der Waals surface area (Å²) in [6.45, 7) is 3.31. The van der Waals surface area contributed by atoms with E-state index in [1.54, 1.807) is 42.3 Å². The molecule has 3 aromatic rings. The minimum atomic E-state index is -0.200. The molecule has 2 heterocycles. The van der Waals surface area contributed by atoms with Gasteiger partial charge in [0.2, 0.25) is 0 Å². The van der Waals surface area contributed by atoms with E-state index in [0.717, 1.165) is 23.2 Å². The molecule has 2 aromatic carbocycles. The maximum atomic E-state index is 13.0. The molecule has 1 aromatic heterocycles. The Hall–Kier alpha value is -3.07. The van der Waals surface area contributed by atoms with E-state index in [0.29, 0.717) is 38.9 Å². The van der Waals surface area contributed by atoms with E-state index >= 15 is 0 Å². The second kappa shape index (κ2) is 10.5. The van der Waals surface area contributed by atoms with Gasteiger partial charge in [0.15, 0.2) is 5.11 Å². The SMILES string of the molecule is CCn1cc(CN2C(=O)/C(=C\c3ccc(OC)c(COc4cccc(Cl)c4Cl)c3)NC2=S)cn1. The highest BCUT2D eigenvalue weighted by Crippen LogP contribution is 2.33. The van der Waals surface area contributed by atoms with Gasteiger partial charge in [-0.2, -0.15) is 5.10 Å². The van der Waals surface area contributed by atoms with Crippen molar-refractivity contribution in [3.05, 3.63) is 81.2 Å². The molecule has 0 radical (unpaired) electrons. The monoisotopic (exact) mass is 516 g/mol. The molecule has 34 heavy (non-hydrogen) atoms. The summed E-state index contributed by atoms with van der Waals surface area (Å²) in [5, 5.41) is 8.38. The third-order valence-electron chi connectivity index (χ3n) is 5.23. The lowest BCUT2D eigenvalue weighted by Crippen LogP contribution is -2.29. The predicted molar refractivity (Wildman–Crippen MR) is 136 cm³/mol. The quantitative estimate of drug-likeness (QED) is 0.333. The number of hydrogen-bond donors (Lipinski definition) is 1. The van der Waals surface area contributed by atoms with Crippen LogP contribution in [0.3, 0.4) is 0 Å². The lowest BCUT2D eigenvalue weighted by Gasteiger charge is -2.13. The number of carbonyl (C=O) groups is 1. The lowest BCUT2D eigenvalue weighted by atomic mass is 10.1. The van der Waals surface area contributed by atoms with Crippen LogP contribution in [0.5, 0.6) is 11.5 Å². The van der Waals surface area contributed by atoms with Gasteiger partial charge in [-0.25, -0.2) is 0 Å². The molecule has 176 valence electrons. The number of nitrogens with one attached hydrogen (secondary N) is 1. The minimum absolute atomic E-state index is 0.200. The van der Waals surface area contributed by atoms with Crippen molar-refractivity contribution in [3.63, 3.8) is 0 Å². The van der Waals surface area contributed by atoms with Crippen LogP contribution in [-0.4, -0.2) is 32.8 Å². The van der Waals surface area contributed by atoms with E-state index in [1.807, 2.05) is 31.3 Å². The van der Waals surface area contributed by atoms with Crippen molar-refractivity contribution in [3.8, 4) is 11.5 Å². The zero-order valence-electron chi connectivity index (χ0n) is 18.5. The normalized spacial score (nSPS) is 14.6. The first-order chi connectivity index (χ1) is 16.4. The number of halogens is 2. The third kappa shape index (κ3) is 5.19. The molecule has 1 saturated heterocycles. The summed E-state index contributed by atoms with van der Waals surface area (Å²) in [5.74, 6) is 0.921. The number of ether oxygens (including phenoxy) is 2. The number of rotatable bonds is 8. The Morgan fingerprint density at radius 3 is 2.76 bits per heavy atom. The molecule has 0 aliphatic carbocycles. The number of benzene rings is 2. The van der Waals surface area contributed by atoms with Crippen molar-refractivity contribution < 1.29 is 14.3 Å². The number of amides is 1. The number of hydrogen-bond acceptors (Lipinski definition) is 5. The van der Waals surface area contributed by atoms with Crippen LogP contribution in [0.1, 0.15) is 23.6 Å². The summed E-state index contributed by atoms with van der Waals surface area (Å²) in [5.41, 5.74) is 2.87. The number of methoxy groups -OCH3 is 1. The van der Waals surface area contributed by atoms with E-state index in [1.165, 1.54) is 4.90 Å². The fraction of sp³-hybridized carbons (Fsp3) is 0.208. The first kappa shape index (κ1) is 24.1. The standard InChI is InChI=1S/C24H22Cl2N4O3S/c1-3-29-12-16(11-27-29)13-30-23(31)19(28-24(30)34)10-15-7-8-20(32-2)17(9-15)14-33-21-6-4-5-18(25)22(21)26/h4-12H,3,13-14H2,1-2H3,(H,28,34)/b19-10+. The average Bonchev–Trinajstić information content (AvgIpc) is 3.40. The van der Waals surface area contributed by atoms with E-state index in [4.69, 9.17) is 44.9 Å². The Labute approximate surface area is 212 Å². The largest absolute Gasteiger partial charge is 0.496 e. The predicted octanol–water partition coefficient (Wildman–Crippen LogP) is 5.06. The number of aromatic nitrogens is 2. The highest BCUT2D eigenvalue weighted by Gasteiger charge is 2.31. The first-order valence-corrected chi connectivity index (χ1v) is 11.7. The Kier molecular flexibility index (Phi) is 7.41. The second-order valence-corrected chi connectivity index (χ2v) is 8.67. The van der Waals surface area contributed by atoms with Crippen molar-refractivity contribution in [2.24, 2.45) is 0 Å². The Morgan fingerprint density at radius 1 is 1.21 bits per heavy atom. The van der Waals surface area contributed by atoms with Gasteiger partial charge in [0.05, 0.1) is 24.9 Å². The Morgan fingerprint density at radius 2 is 2.03 bits per heavy atom. The van der Waals surface area contributed by atoms with Gasteiger partial charge in [0.25, 0.3) is 5.91 Å². The molecule has 7 nitrogen and oxygen atoms in total. The zero-order chi connectivity index (χ0) is 24.2. The number of aryl methyl sites for hydroxylation is 1. The molecular weight excluding hydrogens is 495 g/mol. The molecule has 4 rings (SSSR count). The van der Waals surface area contributed by atoms with Crippen LogP contribution in [0.4, 0.5) is 0 Å².